The van der Waals surface area contributed by atoms with Crippen LogP contribution in [0.5, 0.6) is 0 Å². The van der Waals surface area contributed by atoms with E-state index in [9.17, 15) is 18.4 Å². The molecule has 2 unspecified atom stereocenters. The Balaban J connectivity index is 1.71. The number of likely N-dealkylation sites (tertiary alicyclic amines) is 1. The molecular formula is C16H19F2N3O2. The van der Waals surface area contributed by atoms with E-state index in [2.05, 4.69) is 0 Å². The molecule has 2 N–H and O–H groups in total. The lowest BCUT2D eigenvalue weighted by atomic mass is 10.1. The van der Waals surface area contributed by atoms with E-state index in [-0.39, 0.29) is 30.5 Å². The minimum absolute atomic E-state index is 0.0702. The minimum Gasteiger partial charge on any atom is -0.342 e. The number of hydrogen-bond donors (Lipinski definition) is 1. The van der Waals surface area contributed by atoms with Gasteiger partial charge in [-0.15, -0.1) is 0 Å². The maximum atomic E-state index is 13.3. The summed E-state index contributed by atoms with van der Waals surface area (Å²) in [5.41, 5.74) is 5.78. The van der Waals surface area contributed by atoms with E-state index < -0.39 is 17.6 Å². The molecule has 5 nitrogen and oxygen atoms in total. The lowest BCUT2D eigenvalue weighted by molar-refractivity contribution is -0.134. The lowest BCUT2D eigenvalue weighted by Crippen LogP contribution is -2.36. The SMILES string of the molecule is NCC1CCN(C(=O)C2CC(=O)N(c3cc(F)cc(F)c3)C2)C1. The number of hydrogen-bond acceptors (Lipinski definition) is 3. The topological polar surface area (TPSA) is 66.6 Å². The van der Waals surface area contributed by atoms with Crippen LogP contribution >= 0.6 is 0 Å². The van der Waals surface area contributed by atoms with Gasteiger partial charge in [0.1, 0.15) is 11.6 Å². The molecule has 1 aromatic carbocycles. The summed E-state index contributed by atoms with van der Waals surface area (Å²) in [5.74, 6) is -2.01. The number of nitrogens with zero attached hydrogens (tertiary/aromatic N) is 2. The molecule has 0 radical (unpaired) electrons. The summed E-state index contributed by atoms with van der Waals surface area (Å²) in [6, 6.07) is 2.96. The molecule has 2 atom stereocenters. The summed E-state index contributed by atoms with van der Waals surface area (Å²) in [6.07, 6.45) is 0.947. The van der Waals surface area contributed by atoms with Gasteiger partial charge in [-0.3, -0.25) is 9.59 Å². The van der Waals surface area contributed by atoms with Crippen LogP contribution in [0.15, 0.2) is 18.2 Å². The number of benzene rings is 1. The Morgan fingerprint density at radius 1 is 1.22 bits per heavy atom. The third kappa shape index (κ3) is 3.19. The first-order valence-electron chi connectivity index (χ1n) is 7.73. The van der Waals surface area contributed by atoms with Gasteiger partial charge in [0.05, 0.1) is 5.92 Å². The van der Waals surface area contributed by atoms with Crippen molar-refractivity contribution in [2.45, 2.75) is 12.8 Å². The van der Waals surface area contributed by atoms with Crippen LogP contribution < -0.4 is 10.6 Å². The van der Waals surface area contributed by atoms with Gasteiger partial charge in [0.25, 0.3) is 0 Å². The van der Waals surface area contributed by atoms with Crippen LogP contribution in [0.2, 0.25) is 0 Å². The minimum atomic E-state index is -0.743. The maximum Gasteiger partial charge on any atom is 0.228 e. The number of carbonyl (C=O) groups excluding carboxylic acids is 2. The average molecular weight is 323 g/mol. The Kier molecular flexibility index (Phi) is 4.30. The molecule has 7 heteroatoms. The second-order valence-electron chi connectivity index (χ2n) is 6.21. The third-order valence-electron chi connectivity index (χ3n) is 4.56. The fourth-order valence-electron chi connectivity index (χ4n) is 3.30. The highest BCUT2D eigenvalue weighted by atomic mass is 19.1. The number of carbonyl (C=O) groups is 2. The van der Waals surface area contributed by atoms with E-state index in [0.717, 1.165) is 24.6 Å². The van der Waals surface area contributed by atoms with Crippen molar-refractivity contribution in [3.8, 4) is 0 Å². The number of anilines is 1. The van der Waals surface area contributed by atoms with Gasteiger partial charge in [-0.2, -0.15) is 0 Å². The van der Waals surface area contributed by atoms with Crippen LogP contribution in [-0.2, 0) is 9.59 Å². The standard InChI is InChI=1S/C16H19F2N3O2/c17-12-4-13(18)6-14(5-12)21-9-11(3-15(21)22)16(23)20-2-1-10(7-19)8-20/h4-6,10-11H,1-3,7-9,19H2. The number of halogens is 2. The van der Waals surface area contributed by atoms with Gasteiger partial charge in [0.15, 0.2) is 0 Å². The summed E-state index contributed by atoms with van der Waals surface area (Å²) in [6.45, 7) is 1.97. The Hall–Kier alpha value is -2.02. The fraction of sp³-hybridized carbons (Fsp3) is 0.500. The molecule has 2 saturated heterocycles. The highest BCUT2D eigenvalue weighted by molar-refractivity contribution is 6.00. The smallest absolute Gasteiger partial charge is 0.228 e. The van der Waals surface area contributed by atoms with Crippen molar-refractivity contribution in [1.29, 1.82) is 0 Å². The molecule has 2 aliphatic heterocycles. The molecule has 0 aliphatic carbocycles. The Morgan fingerprint density at radius 2 is 1.91 bits per heavy atom. The normalized spacial score (nSPS) is 24.6. The molecule has 2 aliphatic rings. The van der Waals surface area contributed by atoms with Crippen molar-refractivity contribution in [1.82, 2.24) is 4.90 Å². The number of nitrogens with two attached hydrogens (primary N) is 1. The Bertz CT molecular complexity index is 618. The molecule has 0 saturated carbocycles. The summed E-state index contributed by atoms with van der Waals surface area (Å²) >= 11 is 0. The lowest BCUT2D eigenvalue weighted by Gasteiger charge is -2.21. The molecule has 0 bridgehead atoms. The van der Waals surface area contributed by atoms with Gasteiger partial charge >= 0.3 is 0 Å². The van der Waals surface area contributed by atoms with E-state index in [1.807, 2.05) is 0 Å². The highest BCUT2D eigenvalue weighted by Crippen LogP contribution is 2.29. The predicted octanol–water partition coefficient (Wildman–Crippen LogP) is 1.12. The van der Waals surface area contributed by atoms with Crippen LogP contribution in [0.25, 0.3) is 0 Å². The van der Waals surface area contributed by atoms with Crippen molar-refractivity contribution in [3.63, 3.8) is 0 Å². The van der Waals surface area contributed by atoms with Gasteiger partial charge in [-0.25, -0.2) is 8.78 Å². The van der Waals surface area contributed by atoms with Gasteiger partial charge in [0, 0.05) is 37.8 Å². The molecule has 3 rings (SSSR count). The van der Waals surface area contributed by atoms with E-state index in [0.29, 0.717) is 25.6 Å². The first kappa shape index (κ1) is 15.9. The predicted molar refractivity (Wildman–Crippen MR) is 80.6 cm³/mol. The third-order valence-corrected chi connectivity index (χ3v) is 4.56. The fourth-order valence-corrected chi connectivity index (χ4v) is 3.30. The quantitative estimate of drug-likeness (QED) is 0.907. The van der Waals surface area contributed by atoms with Crippen molar-refractivity contribution < 1.29 is 18.4 Å². The van der Waals surface area contributed by atoms with Crippen LogP contribution in [0, 0.1) is 23.5 Å². The first-order chi connectivity index (χ1) is 11.0. The summed E-state index contributed by atoms with van der Waals surface area (Å²) in [4.78, 5) is 27.7. The largest absolute Gasteiger partial charge is 0.342 e. The molecule has 1 aromatic rings. The second-order valence-corrected chi connectivity index (χ2v) is 6.21. The molecule has 0 spiro atoms. The van der Waals surface area contributed by atoms with Crippen molar-refractivity contribution in [2.24, 2.45) is 17.6 Å². The van der Waals surface area contributed by atoms with Crippen LogP contribution in [0.1, 0.15) is 12.8 Å². The van der Waals surface area contributed by atoms with Crippen LogP contribution in [-0.4, -0.2) is 42.9 Å². The van der Waals surface area contributed by atoms with Crippen LogP contribution in [0.4, 0.5) is 14.5 Å². The van der Waals surface area contributed by atoms with Gasteiger partial charge in [0.2, 0.25) is 11.8 Å². The van der Waals surface area contributed by atoms with E-state index >= 15 is 0 Å². The van der Waals surface area contributed by atoms with Gasteiger partial charge in [-0.1, -0.05) is 0 Å². The summed E-state index contributed by atoms with van der Waals surface area (Å²) < 4.78 is 26.7. The maximum absolute atomic E-state index is 13.3. The summed E-state index contributed by atoms with van der Waals surface area (Å²) in [7, 11) is 0. The van der Waals surface area contributed by atoms with Gasteiger partial charge in [-0.05, 0) is 31.0 Å². The Labute approximate surface area is 133 Å². The molecule has 2 heterocycles. The van der Waals surface area contributed by atoms with Crippen molar-refractivity contribution >= 4 is 17.5 Å². The molecule has 124 valence electrons. The molecular weight excluding hydrogens is 304 g/mol. The zero-order valence-corrected chi connectivity index (χ0v) is 12.7. The highest BCUT2D eigenvalue weighted by Gasteiger charge is 2.39. The zero-order chi connectivity index (χ0) is 16.6. The van der Waals surface area contributed by atoms with E-state index in [4.69, 9.17) is 5.73 Å². The van der Waals surface area contributed by atoms with Crippen LogP contribution in [0.3, 0.4) is 0 Å². The van der Waals surface area contributed by atoms with Crippen molar-refractivity contribution in [2.75, 3.05) is 31.1 Å². The molecule has 23 heavy (non-hydrogen) atoms. The van der Waals surface area contributed by atoms with Gasteiger partial charge < -0.3 is 15.5 Å². The molecule has 2 amide bonds. The average Bonchev–Trinajstić information content (AvgIpc) is 3.12. The van der Waals surface area contributed by atoms with E-state index in [1.165, 1.54) is 4.90 Å². The zero-order valence-electron chi connectivity index (χ0n) is 12.7. The van der Waals surface area contributed by atoms with Crippen molar-refractivity contribution in [3.05, 3.63) is 29.8 Å². The Morgan fingerprint density at radius 3 is 2.52 bits per heavy atom. The monoisotopic (exact) mass is 323 g/mol. The molecule has 2 fully saturated rings. The number of amides is 2. The van der Waals surface area contributed by atoms with E-state index in [1.54, 1.807) is 4.90 Å². The number of rotatable bonds is 3. The first-order valence-corrected chi connectivity index (χ1v) is 7.73. The molecule has 0 aromatic heterocycles. The summed E-state index contributed by atoms with van der Waals surface area (Å²) in [5, 5.41) is 0. The second kappa shape index (κ2) is 6.23.